The Morgan fingerprint density at radius 3 is 2.40 bits per heavy atom. The third kappa shape index (κ3) is 4.32. The fourth-order valence-corrected chi connectivity index (χ4v) is 2.49. The molecule has 1 heterocycles. The third-order valence-corrected chi connectivity index (χ3v) is 3.97. The molecule has 0 amide bonds. The number of nitrogens with one attached hydrogen (secondary N) is 1. The summed E-state index contributed by atoms with van der Waals surface area (Å²) in [4.78, 5) is 10.0. The molecule has 0 bridgehead atoms. The zero-order valence-electron chi connectivity index (χ0n) is 12.5. The second-order valence-electron chi connectivity index (χ2n) is 5.26. The van der Waals surface area contributed by atoms with Crippen LogP contribution in [0.25, 0.3) is 0 Å². The van der Waals surface area contributed by atoms with Crippen LogP contribution in [-0.2, 0) is 6.54 Å². The molecule has 0 fully saturated rings. The van der Waals surface area contributed by atoms with Gasteiger partial charge in [0.1, 0.15) is 0 Å². The molecule has 0 atom stereocenters. The molecule has 3 nitrogen and oxygen atoms in total. The molecule has 0 spiro atoms. The predicted octanol–water partition coefficient (Wildman–Crippen LogP) is 3.74. The van der Waals surface area contributed by atoms with E-state index in [1.54, 1.807) is 11.8 Å². The first-order valence-electron chi connectivity index (χ1n) is 6.84. The van der Waals surface area contributed by atoms with Crippen LogP contribution in [0.3, 0.4) is 0 Å². The first-order chi connectivity index (χ1) is 9.54. The maximum atomic E-state index is 4.42. The van der Waals surface area contributed by atoms with E-state index in [-0.39, 0.29) is 0 Å². The summed E-state index contributed by atoms with van der Waals surface area (Å²) in [6, 6.07) is 6.90. The Labute approximate surface area is 125 Å². The van der Waals surface area contributed by atoms with Gasteiger partial charge in [0, 0.05) is 35.4 Å². The van der Waals surface area contributed by atoms with Crippen LogP contribution in [0.5, 0.6) is 0 Å². The van der Waals surface area contributed by atoms with Crippen LogP contribution in [-0.4, -0.2) is 16.0 Å². The predicted molar refractivity (Wildman–Crippen MR) is 84.0 cm³/mol. The standard InChI is InChI=1S/C16H21N3S/c1-11(2)17-8-14-9-18-16(19-10-14)20-15-6-5-12(3)13(4)7-15/h5-7,9-11,17H,8H2,1-4H3. The lowest BCUT2D eigenvalue weighted by Gasteiger charge is -2.08. The van der Waals surface area contributed by atoms with Crippen LogP contribution in [0.4, 0.5) is 0 Å². The molecule has 2 aromatic rings. The van der Waals surface area contributed by atoms with Gasteiger partial charge in [0.25, 0.3) is 0 Å². The summed E-state index contributed by atoms with van der Waals surface area (Å²) >= 11 is 1.60. The summed E-state index contributed by atoms with van der Waals surface area (Å²) in [6.07, 6.45) is 3.79. The summed E-state index contributed by atoms with van der Waals surface area (Å²) in [5.41, 5.74) is 3.72. The Bertz CT molecular complexity index is 564. The second-order valence-corrected chi connectivity index (χ2v) is 6.30. The molecule has 20 heavy (non-hydrogen) atoms. The summed E-state index contributed by atoms with van der Waals surface area (Å²) in [5.74, 6) is 0. The van der Waals surface area contributed by atoms with Crippen LogP contribution in [0.1, 0.15) is 30.5 Å². The molecule has 0 aliphatic heterocycles. The summed E-state index contributed by atoms with van der Waals surface area (Å²) < 4.78 is 0. The van der Waals surface area contributed by atoms with Gasteiger partial charge in [0.2, 0.25) is 0 Å². The van der Waals surface area contributed by atoms with Crippen LogP contribution in [0.15, 0.2) is 40.6 Å². The van der Waals surface area contributed by atoms with E-state index in [4.69, 9.17) is 0 Å². The van der Waals surface area contributed by atoms with Crippen molar-refractivity contribution in [3.05, 3.63) is 47.3 Å². The highest BCUT2D eigenvalue weighted by molar-refractivity contribution is 7.99. The number of aromatic nitrogens is 2. The Kier molecular flexibility index (Phi) is 5.15. The van der Waals surface area contributed by atoms with E-state index in [0.717, 1.165) is 17.3 Å². The summed E-state index contributed by atoms with van der Waals surface area (Å²) in [7, 11) is 0. The normalized spacial score (nSPS) is 11.1. The topological polar surface area (TPSA) is 37.8 Å². The van der Waals surface area contributed by atoms with Crippen molar-refractivity contribution in [3.63, 3.8) is 0 Å². The number of hydrogen-bond acceptors (Lipinski definition) is 4. The number of benzene rings is 1. The van der Waals surface area contributed by atoms with Crippen LogP contribution >= 0.6 is 11.8 Å². The first kappa shape index (κ1) is 15.0. The minimum absolute atomic E-state index is 0.472. The minimum atomic E-state index is 0.472. The van der Waals surface area contributed by atoms with Crippen molar-refractivity contribution in [2.75, 3.05) is 0 Å². The van der Waals surface area contributed by atoms with Gasteiger partial charge in [-0.1, -0.05) is 19.9 Å². The molecule has 1 N–H and O–H groups in total. The number of hydrogen-bond donors (Lipinski definition) is 1. The monoisotopic (exact) mass is 287 g/mol. The first-order valence-corrected chi connectivity index (χ1v) is 7.65. The van der Waals surface area contributed by atoms with Gasteiger partial charge in [0.15, 0.2) is 5.16 Å². The van der Waals surface area contributed by atoms with E-state index in [9.17, 15) is 0 Å². The van der Waals surface area contributed by atoms with Crippen molar-refractivity contribution in [2.24, 2.45) is 0 Å². The lowest BCUT2D eigenvalue weighted by atomic mass is 10.1. The van der Waals surface area contributed by atoms with Gasteiger partial charge in [-0.2, -0.15) is 0 Å². The van der Waals surface area contributed by atoms with E-state index >= 15 is 0 Å². The average molecular weight is 287 g/mol. The van der Waals surface area contributed by atoms with E-state index in [1.165, 1.54) is 16.0 Å². The fourth-order valence-electron chi connectivity index (χ4n) is 1.69. The molecule has 106 valence electrons. The van der Waals surface area contributed by atoms with Crippen LogP contribution in [0, 0.1) is 13.8 Å². The molecule has 2 rings (SSSR count). The van der Waals surface area contributed by atoms with Crippen molar-refractivity contribution >= 4 is 11.8 Å². The Morgan fingerprint density at radius 1 is 1.10 bits per heavy atom. The zero-order chi connectivity index (χ0) is 14.5. The van der Waals surface area contributed by atoms with Gasteiger partial charge in [0.05, 0.1) is 0 Å². The van der Waals surface area contributed by atoms with Crippen molar-refractivity contribution in [1.29, 1.82) is 0 Å². The van der Waals surface area contributed by atoms with Crippen molar-refractivity contribution in [3.8, 4) is 0 Å². The minimum Gasteiger partial charge on any atom is -0.310 e. The molecule has 0 aliphatic carbocycles. The smallest absolute Gasteiger partial charge is 0.192 e. The molecule has 1 aromatic heterocycles. The molecule has 0 radical (unpaired) electrons. The van der Waals surface area contributed by atoms with Crippen LogP contribution in [0.2, 0.25) is 0 Å². The molecule has 1 aromatic carbocycles. The number of nitrogens with zero attached hydrogens (tertiary/aromatic N) is 2. The van der Waals surface area contributed by atoms with Crippen LogP contribution < -0.4 is 5.32 Å². The van der Waals surface area contributed by atoms with Gasteiger partial charge >= 0.3 is 0 Å². The van der Waals surface area contributed by atoms with Crippen molar-refractivity contribution in [1.82, 2.24) is 15.3 Å². The van der Waals surface area contributed by atoms with E-state index in [0.29, 0.717) is 6.04 Å². The third-order valence-electron chi connectivity index (χ3n) is 3.08. The molecule has 0 aliphatic rings. The fraction of sp³-hybridized carbons (Fsp3) is 0.375. The molecular formula is C16H21N3S. The number of aryl methyl sites for hydroxylation is 2. The summed E-state index contributed by atoms with van der Waals surface area (Å²) in [6.45, 7) is 9.32. The maximum absolute atomic E-state index is 4.42. The highest BCUT2D eigenvalue weighted by Crippen LogP contribution is 2.26. The number of rotatable bonds is 5. The SMILES string of the molecule is Cc1ccc(Sc2ncc(CNC(C)C)cn2)cc1C. The van der Waals surface area contributed by atoms with Gasteiger partial charge in [-0.15, -0.1) is 0 Å². The lowest BCUT2D eigenvalue weighted by molar-refractivity contribution is 0.585. The van der Waals surface area contributed by atoms with Crippen molar-refractivity contribution < 1.29 is 0 Å². The second kappa shape index (κ2) is 6.86. The zero-order valence-corrected chi connectivity index (χ0v) is 13.3. The van der Waals surface area contributed by atoms with Gasteiger partial charge < -0.3 is 5.32 Å². The van der Waals surface area contributed by atoms with E-state index < -0.39 is 0 Å². The highest BCUT2D eigenvalue weighted by Gasteiger charge is 2.03. The molecule has 0 unspecified atom stereocenters. The van der Waals surface area contributed by atoms with Gasteiger partial charge in [-0.3, -0.25) is 0 Å². The largest absolute Gasteiger partial charge is 0.310 e. The lowest BCUT2D eigenvalue weighted by Crippen LogP contribution is -2.21. The molecule has 0 saturated heterocycles. The summed E-state index contributed by atoms with van der Waals surface area (Å²) in [5, 5.41) is 4.15. The quantitative estimate of drug-likeness (QED) is 0.850. The van der Waals surface area contributed by atoms with E-state index in [1.807, 2.05) is 12.4 Å². The Balaban J connectivity index is 2.01. The van der Waals surface area contributed by atoms with E-state index in [2.05, 4.69) is 61.2 Å². The average Bonchev–Trinajstić information content (AvgIpc) is 2.42. The van der Waals surface area contributed by atoms with Gasteiger partial charge in [-0.25, -0.2) is 9.97 Å². The molecule has 4 heteroatoms. The molecular weight excluding hydrogens is 266 g/mol. The Hall–Kier alpha value is -1.39. The highest BCUT2D eigenvalue weighted by atomic mass is 32.2. The van der Waals surface area contributed by atoms with Crippen molar-refractivity contribution in [2.45, 2.75) is 50.3 Å². The molecule has 0 saturated carbocycles. The van der Waals surface area contributed by atoms with Gasteiger partial charge in [-0.05, 0) is 48.9 Å². The maximum Gasteiger partial charge on any atom is 0.192 e. The Morgan fingerprint density at radius 2 is 1.80 bits per heavy atom.